The third-order valence-electron chi connectivity index (χ3n) is 3.15. The Hall–Kier alpha value is -1.65. The van der Waals surface area contributed by atoms with Gasteiger partial charge in [-0.2, -0.15) is 0 Å². The first-order valence-corrected chi connectivity index (χ1v) is 7.25. The molecular formula is C16H17BrN2O. The summed E-state index contributed by atoms with van der Waals surface area (Å²) in [6.07, 6.45) is 0. The molecule has 0 radical (unpaired) electrons. The molecule has 2 aromatic rings. The van der Waals surface area contributed by atoms with E-state index in [1.807, 2.05) is 43.3 Å². The molecule has 0 saturated heterocycles. The topological polar surface area (TPSA) is 55.1 Å². The molecule has 0 aromatic heterocycles. The minimum atomic E-state index is -0.0824. The van der Waals surface area contributed by atoms with E-state index in [0.717, 1.165) is 15.6 Å². The lowest BCUT2D eigenvalue weighted by molar-refractivity contribution is 0.0940. The van der Waals surface area contributed by atoms with Crippen LogP contribution in [0.4, 0.5) is 0 Å². The van der Waals surface area contributed by atoms with Crippen LogP contribution in [-0.2, 0) is 6.54 Å². The average Bonchev–Trinajstić information content (AvgIpc) is 2.47. The smallest absolute Gasteiger partial charge is 0.251 e. The first kappa shape index (κ1) is 14.8. The number of halogens is 1. The fourth-order valence-electron chi connectivity index (χ4n) is 1.93. The van der Waals surface area contributed by atoms with Crippen molar-refractivity contribution in [2.45, 2.75) is 19.5 Å². The summed E-state index contributed by atoms with van der Waals surface area (Å²) in [5.74, 6) is -0.0824. The van der Waals surface area contributed by atoms with Crippen molar-refractivity contribution >= 4 is 21.8 Å². The number of carbonyl (C=O) groups excluding carboxylic acids is 1. The van der Waals surface area contributed by atoms with E-state index in [0.29, 0.717) is 12.1 Å². The van der Waals surface area contributed by atoms with E-state index in [4.69, 9.17) is 5.73 Å². The minimum Gasteiger partial charge on any atom is -0.346 e. The zero-order valence-electron chi connectivity index (χ0n) is 11.3. The van der Waals surface area contributed by atoms with Crippen molar-refractivity contribution in [1.29, 1.82) is 0 Å². The average molecular weight is 333 g/mol. The first-order valence-electron chi connectivity index (χ1n) is 6.45. The maximum Gasteiger partial charge on any atom is 0.251 e. The minimum absolute atomic E-state index is 0.0471. The summed E-state index contributed by atoms with van der Waals surface area (Å²) in [7, 11) is 0. The molecule has 2 rings (SSSR count). The molecule has 4 heteroatoms. The van der Waals surface area contributed by atoms with E-state index in [9.17, 15) is 4.79 Å². The summed E-state index contributed by atoms with van der Waals surface area (Å²) in [6.45, 7) is 2.45. The van der Waals surface area contributed by atoms with Gasteiger partial charge in [0.05, 0.1) is 6.04 Å². The van der Waals surface area contributed by atoms with E-state index < -0.39 is 0 Å². The normalized spacial score (nSPS) is 11.9. The van der Waals surface area contributed by atoms with Gasteiger partial charge < -0.3 is 11.1 Å². The second-order valence-corrected chi connectivity index (χ2v) is 5.57. The molecule has 0 unspecified atom stereocenters. The van der Waals surface area contributed by atoms with Gasteiger partial charge in [-0.1, -0.05) is 40.2 Å². The van der Waals surface area contributed by atoms with Crippen LogP contribution in [0.1, 0.15) is 34.5 Å². The number of hydrogen-bond donors (Lipinski definition) is 2. The van der Waals surface area contributed by atoms with Crippen LogP contribution >= 0.6 is 15.9 Å². The standard InChI is InChI=1S/C16H17BrN2O/c1-11(14-3-2-4-15(17)9-14)19-16(20)13-7-5-12(10-18)6-8-13/h2-9,11H,10,18H2,1H3,(H,19,20)/t11-/m0/s1. The molecule has 3 N–H and O–H groups in total. The number of amides is 1. The second kappa shape index (κ2) is 6.68. The van der Waals surface area contributed by atoms with Crippen LogP contribution in [0.5, 0.6) is 0 Å². The van der Waals surface area contributed by atoms with E-state index in [-0.39, 0.29) is 11.9 Å². The summed E-state index contributed by atoms with van der Waals surface area (Å²) in [5, 5.41) is 2.99. The summed E-state index contributed by atoms with van der Waals surface area (Å²) in [6, 6.07) is 15.2. The Labute approximate surface area is 127 Å². The van der Waals surface area contributed by atoms with Gasteiger partial charge in [0.25, 0.3) is 5.91 Å². The van der Waals surface area contributed by atoms with Crippen molar-refractivity contribution in [2.75, 3.05) is 0 Å². The van der Waals surface area contributed by atoms with E-state index >= 15 is 0 Å². The molecule has 0 spiro atoms. The lowest BCUT2D eigenvalue weighted by Gasteiger charge is -2.15. The zero-order valence-corrected chi connectivity index (χ0v) is 12.9. The van der Waals surface area contributed by atoms with Gasteiger partial charge in [-0.3, -0.25) is 4.79 Å². The van der Waals surface area contributed by atoms with E-state index in [1.54, 1.807) is 12.1 Å². The van der Waals surface area contributed by atoms with Gasteiger partial charge in [0.1, 0.15) is 0 Å². The number of nitrogens with two attached hydrogens (primary N) is 1. The highest BCUT2D eigenvalue weighted by Gasteiger charge is 2.11. The monoisotopic (exact) mass is 332 g/mol. The van der Waals surface area contributed by atoms with Crippen LogP contribution in [0.15, 0.2) is 53.0 Å². The van der Waals surface area contributed by atoms with Crippen LogP contribution < -0.4 is 11.1 Å². The Morgan fingerprint density at radius 3 is 2.55 bits per heavy atom. The molecule has 0 aliphatic heterocycles. The van der Waals surface area contributed by atoms with E-state index in [1.165, 1.54) is 0 Å². The first-order chi connectivity index (χ1) is 9.60. The van der Waals surface area contributed by atoms with Gasteiger partial charge in [0.15, 0.2) is 0 Å². The number of nitrogens with one attached hydrogen (secondary N) is 1. The predicted molar refractivity (Wildman–Crippen MR) is 84.4 cm³/mol. The molecule has 3 nitrogen and oxygen atoms in total. The predicted octanol–water partition coefficient (Wildman–Crippen LogP) is 3.40. The molecule has 0 bridgehead atoms. The summed E-state index contributed by atoms with van der Waals surface area (Å²) in [5.41, 5.74) is 8.26. The number of benzene rings is 2. The van der Waals surface area contributed by atoms with E-state index in [2.05, 4.69) is 21.2 Å². The molecule has 0 aliphatic rings. The quantitative estimate of drug-likeness (QED) is 0.901. The molecule has 0 aliphatic carbocycles. The van der Waals surface area contributed by atoms with Crippen molar-refractivity contribution < 1.29 is 4.79 Å². The van der Waals surface area contributed by atoms with Gasteiger partial charge in [-0.15, -0.1) is 0 Å². The van der Waals surface area contributed by atoms with Crippen molar-refractivity contribution in [1.82, 2.24) is 5.32 Å². The molecule has 20 heavy (non-hydrogen) atoms. The second-order valence-electron chi connectivity index (χ2n) is 4.65. The molecule has 1 atom stereocenters. The highest BCUT2D eigenvalue weighted by Crippen LogP contribution is 2.18. The molecule has 1 amide bonds. The lowest BCUT2D eigenvalue weighted by Crippen LogP contribution is -2.26. The summed E-state index contributed by atoms with van der Waals surface area (Å²) >= 11 is 3.43. The largest absolute Gasteiger partial charge is 0.346 e. The van der Waals surface area contributed by atoms with Gasteiger partial charge in [0, 0.05) is 16.6 Å². The molecule has 0 saturated carbocycles. The SMILES string of the molecule is C[C@H](NC(=O)c1ccc(CN)cc1)c1cccc(Br)c1. The summed E-state index contributed by atoms with van der Waals surface area (Å²) in [4.78, 5) is 12.2. The maximum absolute atomic E-state index is 12.2. The molecular weight excluding hydrogens is 316 g/mol. The Bertz CT molecular complexity index is 596. The Morgan fingerprint density at radius 1 is 1.25 bits per heavy atom. The van der Waals surface area contributed by atoms with Crippen LogP contribution in [0.2, 0.25) is 0 Å². The number of carbonyl (C=O) groups is 1. The van der Waals surface area contributed by atoms with Crippen molar-refractivity contribution in [3.05, 3.63) is 69.7 Å². The fourth-order valence-corrected chi connectivity index (χ4v) is 2.35. The van der Waals surface area contributed by atoms with Gasteiger partial charge in [-0.05, 0) is 42.3 Å². The molecule has 0 heterocycles. The third-order valence-corrected chi connectivity index (χ3v) is 3.64. The molecule has 104 valence electrons. The van der Waals surface area contributed by atoms with Gasteiger partial charge in [0.2, 0.25) is 0 Å². The fraction of sp³-hybridized carbons (Fsp3) is 0.188. The Kier molecular flexibility index (Phi) is 4.93. The van der Waals surface area contributed by atoms with Crippen LogP contribution in [0.25, 0.3) is 0 Å². The van der Waals surface area contributed by atoms with Crippen LogP contribution in [0.3, 0.4) is 0 Å². The zero-order chi connectivity index (χ0) is 14.5. The lowest BCUT2D eigenvalue weighted by atomic mass is 10.1. The number of hydrogen-bond acceptors (Lipinski definition) is 2. The van der Waals surface area contributed by atoms with Crippen molar-refractivity contribution in [2.24, 2.45) is 5.73 Å². The Balaban J connectivity index is 2.06. The van der Waals surface area contributed by atoms with Crippen LogP contribution in [0, 0.1) is 0 Å². The summed E-state index contributed by atoms with van der Waals surface area (Å²) < 4.78 is 1.00. The van der Waals surface area contributed by atoms with Gasteiger partial charge >= 0.3 is 0 Å². The molecule has 2 aromatic carbocycles. The van der Waals surface area contributed by atoms with Crippen LogP contribution in [-0.4, -0.2) is 5.91 Å². The van der Waals surface area contributed by atoms with Crippen molar-refractivity contribution in [3.8, 4) is 0 Å². The Morgan fingerprint density at radius 2 is 1.95 bits per heavy atom. The highest BCUT2D eigenvalue weighted by molar-refractivity contribution is 9.10. The molecule has 0 fully saturated rings. The number of rotatable bonds is 4. The maximum atomic E-state index is 12.2. The van der Waals surface area contributed by atoms with Gasteiger partial charge in [-0.25, -0.2) is 0 Å². The highest BCUT2D eigenvalue weighted by atomic mass is 79.9. The third kappa shape index (κ3) is 3.68. The van der Waals surface area contributed by atoms with Crippen molar-refractivity contribution in [3.63, 3.8) is 0 Å².